The number of benzene rings is 3. The Morgan fingerprint density at radius 3 is 2.55 bits per heavy atom. The summed E-state index contributed by atoms with van der Waals surface area (Å²) in [5.74, 6) is 0.997. The summed E-state index contributed by atoms with van der Waals surface area (Å²) in [6, 6.07) is 21.8. The van der Waals surface area contributed by atoms with Crippen LogP contribution in [0.5, 0.6) is 11.5 Å². The van der Waals surface area contributed by atoms with E-state index in [0.29, 0.717) is 41.6 Å². The van der Waals surface area contributed by atoms with Crippen molar-refractivity contribution in [2.75, 3.05) is 23.4 Å². The standard InChI is InChI=1S/C23H20N2O4/c1-16-5-4-6-19(15-16)29-21-8-3-2-7-20(21)24-22(26)17-9-11-18(12-10-17)25-13-14-28-23(25)27/h2-12,15H,13-14H2,1H3,(H,24,26). The Morgan fingerprint density at radius 1 is 1.03 bits per heavy atom. The van der Waals surface area contributed by atoms with Crippen molar-refractivity contribution in [2.45, 2.75) is 6.92 Å². The highest BCUT2D eigenvalue weighted by Gasteiger charge is 2.23. The molecule has 3 aromatic carbocycles. The van der Waals surface area contributed by atoms with Crippen LogP contribution >= 0.6 is 0 Å². The van der Waals surface area contributed by atoms with E-state index in [0.717, 1.165) is 5.56 Å². The van der Waals surface area contributed by atoms with Crippen molar-refractivity contribution in [1.82, 2.24) is 0 Å². The Balaban J connectivity index is 1.49. The second kappa shape index (κ2) is 8.06. The van der Waals surface area contributed by atoms with Crippen molar-refractivity contribution >= 4 is 23.4 Å². The zero-order chi connectivity index (χ0) is 20.2. The number of anilines is 2. The van der Waals surface area contributed by atoms with E-state index in [1.54, 1.807) is 36.4 Å². The molecule has 0 radical (unpaired) electrons. The number of aryl methyl sites for hydroxylation is 1. The lowest BCUT2D eigenvalue weighted by Crippen LogP contribution is -2.23. The van der Waals surface area contributed by atoms with Crippen LogP contribution in [0.4, 0.5) is 16.2 Å². The number of nitrogens with one attached hydrogen (secondary N) is 1. The van der Waals surface area contributed by atoms with E-state index in [9.17, 15) is 9.59 Å². The van der Waals surface area contributed by atoms with Crippen LogP contribution in [-0.4, -0.2) is 25.2 Å². The van der Waals surface area contributed by atoms with Gasteiger partial charge in [-0.1, -0.05) is 24.3 Å². The van der Waals surface area contributed by atoms with Crippen LogP contribution in [-0.2, 0) is 4.74 Å². The van der Waals surface area contributed by atoms with Crippen molar-refractivity contribution in [1.29, 1.82) is 0 Å². The number of nitrogens with zero attached hydrogens (tertiary/aromatic N) is 1. The first-order valence-electron chi connectivity index (χ1n) is 9.29. The minimum atomic E-state index is -0.371. The number of carbonyl (C=O) groups is 2. The van der Waals surface area contributed by atoms with E-state index in [-0.39, 0.29) is 12.0 Å². The molecule has 1 aliphatic heterocycles. The molecule has 2 amide bonds. The number of cyclic esters (lactones) is 1. The Hall–Kier alpha value is -3.80. The minimum Gasteiger partial charge on any atom is -0.455 e. The lowest BCUT2D eigenvalue weighted by atomic mass is 10.1. The van der Waals surface area contributed by atoms with Gasteiger partial charge in [0.05, 0.1) is 12.2 Å². The van der Waals surface area contributed by atoms with Crippen LogP contribution in [0.2, 0.25) is 0 Å². The molecule has 29 heavy (non-hydrogen) atoms. The number of carbonyl (C=O) groups excluding carboxylic acids is 2. The van der Waals surface area contributed by atoms with Gasteiger partial charge in [0.15, 0.2) is 5.75 Å². The van der Waals surface area contributed by atoms with E-state index in [1.165, 1.54) is 4.90 Å². The molecule has 0 saturated carbocycles. The third-order valence-corrected chi connectivity index (χ3v) is 4.55. The summed E-state index contributed by atoms with van der Waals surface area (Å²) in [6.07, 6.45) is -0.371. The Bertz CT molecular complexity index is 1050. The highest BCUT2D eigenvalue weighted by atomic mass is 16.6. The third kappa shape index (κ3) is 4.21. The largest absolute Gasteiger partial charge is 0.455 e. The van der Waals surface area contributed by atoms with Crippen LogP contribution < -0.4 is 15.0 Å². The van der Waals surface area contributed by atoms with E-state index in [2.05, 4.69) is 5.32 Å². The average molecular weight is 388 g/mol. The topological polar surface area (TPSA) is 67.9 Å². The molecule has 0 bridgehead atoms. The first kappa shape index (κ1) is 18.6. The number of amides is 2. The smallest absolute Gasteiger partial charge is 0.414 e. The first-order chi connectivity index (χ1) is 14.1. The zero-order valence-corrected chi connectivity index (χ0v) is 15.9. The third-order valence-electron chi connectivity index (χ3n) is 4.55. The number of hydrogen-bond acceptors (Lipinski definition) is 4. The maximum Gasteiger partial charge on any atom is 0.414 e. The first-order valence-corrected chi connectivity index (χ1v) is 9.29. The maximum atomic E-state index is 12.7. The van der Waals surface area contributed by atoms with Gasteiger partial charge in [-0.15, -0.1) is 0 Å². The van der Waals surface area contributed by atoms with Crippen molar-refractivity contribution in [3.05, 3.63) is 83.9 Å². The minimum absolute atomic E-state index is 0.263. The summed E-state index contributed by atoms with van der Waals surface area (Å²) in [5.41, 5.74) is 2.84. The van der Waals surface area contributed by atoms with Crippen molar-refractivity contribution in [3.63, 3.8) is 0 Å². The van der Waals surface area contributed by atoms with Gasteiger partial charge in [-0.2, -0.15) is 0 Å². The van der Waals surface area contributed by atoms with E-state index in [1.807, 2.05) is 43.3 Å². The van der Waals surface area contributed by atoms with E-state index >= 15 is 0 Å². The molecule has 1 heterocycles. The van der Waals surface area contributed by atoms with Gasteiger partial charge in [-0.3, -0.25) is 9.69 Å². The molecule has 6 nitrogen and oxygen atoms in total. The fourth-order valence-corrected chi connectivity index (χ4v) is 3.08. The zero-order valence-electron chi connectivity index (χ0n) is 15.9. The highest BCUT2D eigenvalue weighted by molar-refractivity contribution is 6.05. The molecule has 6 heteroatoms. The maximum absolute atomic E-state index is 12.7. The second-order valence-corrected chi connectivity index (χ2v) is 6.68. The molecular formula is C23H20N2O4. The number of rotatable bonds is 5. The van der Waals surface area contributed by atoms with Crippen LogP contribution in [0.1, 0.15) is 15.9 Å². The quantitative estimate of drug-likeness (QED) is 0.668. The molecule has 1 aliphatic rings. The molecule has 0 spiro atoms. The predicted octanol–water partition coefficient (Wildman–Crippen LogP) is 5.00. The molecule has 146 valence electrons. The Morgan fingerprint density at radius 2 is 1.83 bits per heavy atom. The van der Waals surface area contributed by atoms with Crippen LogP contribution in [0, 0.1) is 6.92 Å². The van der Waals surface area contributed by atoms with Crippen LogP contribution in [0.15, 0.2) is 72.8 Å². The molecule has 0 aromatic heterocycles. The molecule has 0 aliphatic carbocycles. The number of ether oxygens (including phenoxy) is 2. The summed E-state index contributed by atoms with van der Waals surface area (Å²) in [5, 5.41) is 2.89. The molecule has 0 unspecified atom stereocenters. The average Bonchev–Trinajstić information content (AvgIpc) is 3.15. The van der Waals surface area contributed by atoms with Gasteiger partial charge in [0.25, 0.3) is 5.91 Å². The SMILES string of the molecule is Cc1cccc(Oc2ccccc2NC(=O)c2ccc(N3CCOC3=O)cc2)c1. The van der Waals surface area contributed by atoms with Crippen molar-refractivity contribution < 1.29 is 19.1 Å². The normalized spacial score (nSPS) is 13.1. The summed E-state index contributed by atoms with van der Waals surface area (Å²) in [6.45, 7) is 2.87. The molecule has 1 fully saturated rings. The van der Waals surface area contributed by atoms with Gasteiger partial charge in [-0.25, -0.2) is 4.79 Å². The fourth-order valence-electron chi connectivity index (χ4n) is 3.08. The van der Waals surface area contributed by atoms with Crippen molar-refractivity contribution in [2.24, 2.45) is 0 Å². The fraction of sp³-hybridized carbons (Fsp3) is 0.130. The molecule has 3 aromatic rings. The van der Waals surface area contributed by atoms with Gasteiger partial charge < -0.3 is 14.8 Å². The van der Waals surface area contributed by atoms with Gasteiger partial charge in [0.1, 0.15) is 12.4 Å². The molecular weight excluding hydrogens is 368 g/mol. The van der Waals surface area contributed by atoms with Gasteiger partial charge in [0, 0.05) is 11.3 Å². The summed E-state index contributed by atoms with van der Waals surface area (Å²) in [4.78, 5) is 25.9. The van der Waals surface area contributed by atoms with Crippen molar-refractivity contribution in [3.8, 4) is 11.5 Å². The predicted molar refractivity (Wildman–Crippen MR) is 111 cm³/mol. The van der Waals surface area contributed by atoms with Gasteiger partial charge in [-0.05, 0) is 61.0 Å². The summed E-state index contributed by atoms with van der Waals surface area (Å²) >= 11 is 0. The van der Waals surface area contributed by atoms with Crippen LogP contribution in [0.25, 0.3) is 0 Å². The second-order valence-electron chi connectivity index (χ2n) is 6.68. The number of para-hydroxylation sites is 2. The molecule has 1 saturated heterocycles. The highest BCUT2D eigenvalue weighted by Crippen LogP contribution is 2.30. The lowest BCUT2D eigenvalue weighted by Gasteiger charge is -2.14. The lowest BCUT2D eigenvalue weighted by molar-refractivity contribution is 0.102. The van der Waals surface area contributed by atoms with Crippen LogP contribution in [0.3, 0.4) is 0 Å². The van der Waals surface area contributed by atoms with Gasteiger partial charge in [0.2, 0.25) is 0 Å². The van der Waals surface area contributed by atoms with E-state index in [4.69, 9.17) is 9.47 Å². The molecule has 1 N–H and O–H groups in total. The molecule has 0 atom stereocenters. The summed E-state index contributed by atoms with van der Waals surface area (Å²) < 4.78 is 10.9. The van der Waals surface area contributed by atoms with E-state index < -0.39 is 0 Å². The van der Waals surface area contributed by atoms with Gasteiger partial charge >= 0.3 is 6.09 Å². The monoisotopic (exact) mass is 388 g/mol. The number of hydrogen-bond donors (Lipinski definition) is 1. The summed E-state index contributed by atoms with van der Waals surface area (Å²) in [7, 11) is 0. The Kier molecular flexibility index (Phi) is 5.16. The molecule has 4 rings (SSSR count). The Labute approximate surface area is 168 Å².